The van der Waals surface area contributed by atoms with Gasteiger partial charge < -0.3 is 9.47 Å². The Morgan fingerprint density at radius 1 is 1.17 bits per heavy atom. The van der Waals surface area contributed by atoms with Crippen molar-refractivity contribution in [1.82, 2.24) is 14.5 Å². The highest BCUT2D eigenvalue weighted by atomic mass is 32.2. The average Bonchev–Trinajstić information content (AvgIpc) is 2.99. The van der Waals surface area contributed by atoms with Crippen LogP contribution in [0.3, 0.4) is 0 Å². The van der Waals surface area contributed by atoms with E-state index in [0.717, 1.165) is 37.4 Å². The summed E-state index contributed by atoms with van der Waals surface area (Å²) in [5.41, 5.74) is 1.17. The van der Waals surface area contributed by atoms with E-state index in [1.807, 2.05) is 29.2 Å². The van der Waals surface area contributed by atoms with Crippen LogP contribution in [-0.4, -0.2) is 37.4 Å². The molecule has 4 bridgehead atoms. The number of carbonyl (C=O) groups excluding carboxylic acids is 1. The topological polar surface area (TPSA) is 38.1 Å². The quantitative estimate of drug-likeness (QED) is 0.855. The molecule has 0 atom stereocenters. The molecule has 0 unspecified atom stereocenters. The van der Waals surface area contributed by atoms with Gasteiger partial charge in [-0.1, -0.05) is 0 Å². The van der Waals surface area contributed by atoms with Gasteiger partial charge in [0.15, 0.2) is 0 Å². The largest absolute Gasteiger partial charge is 0.334 e. The predicted octanol–water partition coefficient (Wildman–Crippen LogP) is 2.93. The Hall–Kier alpha value is -0.970. The van der Waals surface area contributed by atoms with Crippen molar-refractivity contribution in [3.05, 3.63) is 18.2 Å². The standard InChI is InChI=1S/C18H25N3OS/c22-17(20-1-2-21-12-19-9-16(21)10-20)11-23-18-6-13-3-14(7-18)5-15(4-13)8-18/h9,12-15H,1-8,10-11H2. The number of nitrogens with zero attached hydrogens (tertiary/aromatic N) is 3. The fourth-order valence-electron chi connectivity index (χ4n) is 5.91. The predicted molar refractivity (Wildman–Crippen MR) is 91.0 cm³/mol. The first-order chi connectivity index (χ1) is 11.2. The molecule has 0 saturated heterocycles. The minimum Gasteiger partial charge on any atom is -0.334 e. The van der Waals surface area contributed by atoms with E-state index < -0.39 is 0 Å². The Morgan fingerprint density at radius 3 is 2.57 bits per heavy atom. The third-order valence-corrected chi connectivity index (χ3v) is 8.10. The Balaban J connectivity index is 1.22. The molecule has 2 heterocycles. The lowest BCUT2D eigenvalue weighted by Gasteiger charge is -2.56. The second-order valence-corrected chi connectivity index (χ2v) is 9.73. The van der Waals surface area contributed by atoms with Crippen LogP contribution in [0.4, 0.5) is 0 Å². The molecule has 4 fully saturated rings. The third kappa shape index (κ3) is 2.51. The van der Waals surface area contributed by atoms with Crippen molar-refractivity contribution in [1.29, 1.82) is 0 Å². The van der Waals surface area contributed by atoms with Crippen LogP contribution >= 0.6 is 11.8 Å². The molecule has 1 amide bonds. The number of hydrogen-bond donors (Lipinski definition) is 0. The smallest absolute Gasteiger partial charge is 0.233 e. The molecular formula is C18H25N3OS. The van der Waals surface area contributed by atoms with Crippen molar-refractivity contribution < 1.29 is 4.79 Å². The van der Waals surface area contributed by atoms with Crippen molar-refractivity contribution in [2.24, 2.45) is 17.8 Å². The maximum Gasteiger partial charge on any atom is 0.233 e. The first-order valence-corrected chi connectivity index (χ1v) is 10.1. The van der Waals surface area contributed by atoms with Crippen molar-refractivity contribution in [2.45, 2.75) is 56.4 Å². The van der Waals surface area contributed by atoms with E-state index in [-0.39, 0.29) is 0 Å². The molecule has 6 rings (SSSR count). The molecule has 5 aliphatic rings. The third-order valence-electron chi connectivity index (χ3n) is 6.60. The molecule has 23 heavy (non-hydrogen) atoms. The van der Waals surface area contributed by atoms with E-state index >= 15 is 0 Å². The van der Waals surface area contributed by atoms with Gasteiger partial charge in [-0.3, -0.25) is 4.79 Å². The first kappa shape index (κ1) is 14.4. The summed E-state index contributed by atoms with van der Waals surface area (Å²) in [6, 6.07) is 0. The number of rotatable bonds is 3. The van der Waals surface area contributed by atoms with Crippen LogP contribution in [0.1, 0.15) is 44.2 Å². The second kappa shape index (κ2) is 5.27. The maximum absolute atomic E-state index is 12.7. The second-order valence-electron chi connectivity index (χ2n) is 8.28. The zero-order valence-corrected chi connectivity index (χ0v) is 14.4. The monoisotopic (exact) mass is 331 g/mol. The first-order valence-electron chi connectivity index (χ1n) is 9.10. The Labute approximate surface area is 142 Å². The normalized spacial score (nSPS) is 37.9. The number of hydrogen-bond acceptors (Lipinski definition) is 3. The molecular weight excluding hydrogens is 306 g/mol. The molecule has 0 N–H and O–H groups in total. The molecule has 1 aromatic heterocycles. The fraction of sp³-hybridized carbons (Fsp3) is 0.778. The lowest BCUT2D eigenvalue weighted by atomic mass is 9.56. The fourth-order valence-corrected chi connectivity index (χ4v) is 7.58. The summed E-state index contributed by atoms with van der Waals surface area (Å²) in [6.45, 7) is 2.47. The van der Waals surface area contributed by atoms with Gasteiger partial charge in [0.2, 0.25) is 5.91 Å². The molecule has 4 aliphatic carbocycles. The summed E-state index contributed by atoms with van der Waals surface area (Å²) in [5, 5.41) is 0. The van der Waals surface area contributed by atoms with Crippen molar-refractivity contribution in [3.63, 3.8) is 0 Å². The Kier molecular flexibility index (Phi) is 3.29. The van der Waals surface area contributed by atoms with Gasteiger partial charge in [-0.05, 0) is 56.3 Å². The molecule has 4 nitrogen and oxygen atoms in total. The van der Waals surface area contributed by atoms with Crippen molar-refractivity contribution >= 4 is 17.7 Å². The van der Waals surface area contributed by atoms with Gasteiger partial charge in [-0.15, -0.1) is 11.8 Å². The summed E-state index contributed by atoms with van der Waals surface area (Å²) in [5.74, 6) is 3.91. The summed E-state index contributed by atoms with van der Waals surface area (Å²) < 4.78 is 2.61. The average molecular weight is 331 g/mol. The highest BCUT2D eigenvalue weighted by Crippen LogP contribution is 2.60. The highest BCUT2D eigenvalue weighted by molar-refractivity contribution is 8.01. The Morgan fingerprint density at radius 2 is 1.87 bits per heavy atom. The van der Waals surface area contributed by atoms with E-state index in [0.29, 0.717) is 16.4 Å². The number of imidazole rings is 1. The van der Waals surface area contributed by atoms with Crippen LogP contribution in [0.2, 0.25) is 0 Å². The van der Waals surface area contributed by atoms with Gasteiger partial charge >= 0.3 is 0 Å². The minimum atomic E-state index is 0.332. The SMILES string of the molecule is O=C(CSC12CC3CC(CC(C3)C1)C2)N1CCn2cncc2C1. The molecule has 0 radical (unpaired) electrons. The molecule has 4 saturated carbocycles. The number of aromatic nitrogens is 2. The van der Waals surface area contributed by atoms with E-state index in [1.54, 1.807) is 0 Å². The van der Waals surface area contributed by atoms with E-state index in [2.05, 4.69) is 9.55 Å². The molecule has 124 valence electrons. The molecule has 0 spiro atoms. The Bertz CT molecular complexity index is 590. The van der Waals surface area contributed by atoms with Gasteiger partial charge in [-0.25, -0.2) is 4.98 Å². The van der Waals surface area contributed by atoms with Crippen LogP contribution < -0.4 is 0 Å². The zero-order valence-electron chi connectivity index (χ0n) is 13.6. The molecule has 1 aromatic rings. The number of carbonyl (C=O) groups is 1. The van der Waals surface area contributed by atoms with Gasteiger partial charge in [0.1, 0.15) is 0 Å². The van der Waals surface area contributed by atoms with Gasteiger partial charge in [0.05, 0.1) is 24.3 Å². The minimum absolute atomic E-state index is 0.332. The number of thioether (sulfide) groups is 1. The molecule has 5 heteroatoms. The highest BCUT2D eigenvalue weighted by Gasteiger charge is 2.51. The van der Waals surface area contributed by atoms with Gasteiger partial charge in [0, 0.05) is 24.0 Å². The van der Waals surface area contributed by atoms with Crippen LogP contribution in [0.5, 0.6) is 0 Å². The molecule has 1 aliphatic heterocycles. The summed E-state index contributed by atoms with van der Waals surface area (Å²) in [6.07, 6.45) is 12.3. The number of fused-ring (bicyclic) bond motifs is 1. The lowest BCUT2D eigenvalue weighted by Crippen LogP contribution is -2.49. The van der Waals surface area contributed by atoms with E-state index in [1.165, 1.54) is 44.2 Å². The van der Waals surface area contributed by atoms with Crippen LogP contribution in [0, 0.1) is 17.8 Å². The van der Waals surface area contributed by atoms with Crippen molar-refractivity contribution in [2.75, 3.05) is 12.3 Å². The number of amides is 1. The summed E-state index contributed by atoms with van der Waals surface area (Å²) in [7, 11) is 0. The maximum atomic E-state index is 12.7. The van der Waals surface area contributed by atoms with Crippen molar-refractivity contribution in [3.8, 4) is 0 Å². The van der Waals surface area contributed by atoms with Crippen LogP contribution in [0.15, 0.2) is 12.5 Å². The van der Waals surface area contributed by atoms with E-state index in [4.69, 9.17) is 0 Å². The van der Waals surface area contributed by atoms with Crippen LogP contribution in [-0.2, 0) is 17.9 Å². The van der Waals surface area contributed by atoms with Crippen LogP contribution in [0.25, 0.3) is 0 Å². The summed E-state index contributed by atoms with van der Waals surface area (Å²) >= 11 is 2.01. The van der Waals surface area contributed by atoms with Gasteiger partial charge in [-0.2, -0.15) is 0 Å². The lowest BCUT2D eigenvalue weighted by molar-refractivity contribution is -0.129. The van der Waals surface area contributed by atoms with Gasteiger partial charge in [0.25, 0.3) is 0 Å². The van der Waals surface area contributed by atoms with E-state index in [9.17, 15) is 4.79 Å². The molecule has 0 aromatic carbocycles. The summed E-state index contributed by atoms with van der Waals surface area (Å²) in [4.78, 5) is 18.9. The zero-order chi connectivity index (χ0) is 15.4.